The molecule has 1 heterocycles. The number of benzene rings is 1. The van der Waals surface area contributed by atoms with Gasteiger partial charge < -0.3 is 14.8 Å². The molecule has 1 aromatic carbocycles. The molecule has 0 fully saturated rings. The molecule has 2 aromatic rings. The molecule has 0 radical (unpaired) electrons. The van der Waals surface area contributed by atoms with Gasteiger partial charge in [-0.25, -0.2) is 4.98 Å². The topological polar surface area (TPSA) is 75.2 Å². The molecule has 0 spiro atoms. The van der Waals surface area contributed by atoms with Crippen LogP contribution in [0.15, 0.2) is 23.4 Å². The van der Waals surface area contributed by atoms with E-state index >= 15 is 0 Å². The Kier molecular flexibility index (Phi) is 3.99. The number of aliphatic carboxylic acids is 1. The lowest BCUT2D eigenvalue weighted by atomic mass is 10.1. The Morgan fingerprint density at radius 3 is 2.84 bits per heavy atom. The van der Waals surface area contributed by atoms with E-state index in [9.17, 15) is 4.79 Å². The van der Waals surface area contributed by atoms with E-state index in [-0.39, 0.29) is 5.25 Å². The van der Waals surface area contributed by atoms with Crippen molar-refractivity contribution in [2.45, 2.75) is 24.3 Å². The van der Waals surface area contributed by atoms with Gasteiger partial charge in [0.2, 0.25) is 0 Å². The third-order valence-electron chi connectivity index (χ3n) is 3.06. The zero-order chi connectivity index (χ0) is 14.0. The van der Waals surface area contributed by atoms with Crippen molar-refractivity contribution < 1.29 is 14.6 Å². The van der Waals surface area contributed by atoms with Crippen LogP contribution in [-0.2, 0) is 4.79 Å². The highest BCUT2D eigenvalue weighted by Gasteiger charge is 2.21. The van der Waals surface area contributed by atoms with Crippen LogP contribution in [0.1, 0.15) is 13.8 Å². The number of thioether (sulfide) groups is 1. The summed E-state index contributed by atoms with van der Waals surface area (Å²) in [6, 6.07) is 5.60. The monoisotopic (exact) mass is 280 g/mol. The number of aromatic nitrogens is 2. The maximum absolute atomic E-state index is 10.9. The molecule has 2 unspecified atom stereocenters. The number of hydrogen-bond donors (Lipinski definition) is 2. The van der Waals surface area contributed by atoms with E-state index in [1.807, 2.05) is 25.1 Å². The van der Waals surface area contributed by atoms with Gasteiger partial charge in [-0.1, -0.05) is 25.6 Å². The van der Waals surface area contributed by atoms with Gasteiger partial charge in [-0.05, 0) is 12.1 Å². The predicted octanol–water partition coefficient (Wildman–Crippen LogP) is 2.77. The quantitative estimate of drug-likeness (QED) is 0.824. The Morgan fingerprint density at radius 1 is 1.47 bits per heavy atom. The number of methoxy groups -OCH3 is 1. The maximum Gasteiger partial charge on any atom is 0.307 e. The number of ether oxygens (including phenoxy) is 1. The fourth-order valence-electron chi connectivity index (χ4n) is 1.63. The van der Waals surface area contributed by atoms with Crippen LogP contribution in [0.4, 0.5) is 0 Å². The summed E-state index contributed by atoms with van der Waals surface area (Å²) in [6.45, 7) is 3.59. The number of fused-ring (bicyclic) bond motifs is 1. The van der Waals surface area contributed by atoms with Crippen molar-refractivity contribution in [3.63, 3.8) is 0 Å². The van der Waals surface area contributed by atoms with E-state index in [1.165, 1.54) is 11.8 Å². The first-order chi connectivity index (χ1) is 9.01. The van der Waals surface area contributed by atoms with Gasteiger partial charge >= 0.3 is 5.97 Å². The minimum atomic E-state index is -0.794. The Bertz CT molecular complexity index is 597. The molecule has 2 rings (SSSR count). The van der Waals surface area contributed by atoms with Crippen molar-refractivity contribution >= 4 is 28.8 Å². The first-order valence-electron chi connectivity index (χ1n) is 5.94. The second-order valence-corrected chi connectivity index (χ2v) is 5.74. The maximum atomic E-state index is 10.9. The predicted molar refractivity (Wildman–Crippen MR) is 74.8 cm³/mol. The highest BCUT2D eigenvalue weighted by Crippen LogP contribution is 2.28. The molecule has 0 saturated carbocycles. The van der Waals surface area contributed by atoms with Crippen molar-refractivity contribution in [1.82, 2.24) is 9.97 Å². The summed E-state index contributed by atoms with van der Waals surface area (Å²) in [6.07, 6.45) is 0. The molecular formula is C13H16N2O3S. The number of aromatic amines is 1. The largest absolute Gasteiger partial charge is 0.497 e. The summed E-state index contributed by atoms with van der Waals surface area (Å²) in [7, 11) is 1.61. The molecule has 0 amide bonds. The van der Waals surface area contributed by atoms with Gasteiger partial charge in [0, 0.05) is 11.3 Å². The second-order valence-electron chi connectivity index (χ2n) is 4.37. The smallest absolute Gasteiger partial charge is 0.307 e. The van der Waals surface area contributed by atoms with Crippen LogP contribution in [0.5, 0.6) is 5.75 Å². The van der Waals surface area contributed by atoms with Gasteiger partial charge in [0.25, 0.3) is 0 Å². The first kappa shape index (κ1) is 13.7. The van der Waals surface area contributed by atoms with Gasteiger partial charge in [0.05, 0.1) is 24.1 Å². The summed E-state index contributed by atoms with van der Waals surface area (Å²) >= 11 is 1.43. The number of carboxylic acid groups (broad SMARTS) is 1. The van der Waals surface area contributed by atoms with Crippen molar-refractivity contribution in [2.24, 2.45) is 5.92 Å². The van der Waals surface area contributed by atoms with Gasteiger partial charge in [0.1, 0.15) is 5.75 Å². The van der Waals surface area contributed by atoms with Crippen molar-refractivity contribution in [2.75, 3.05) is 7.11 Å². The molecule has 5 nitrogen and oxygen atoms in total. The Morgan fingerprint density at radius 2 is 2.21 bits per heavy atom. The van der Waals surface area contributed by atoms with Crippen molar-refractivity contribution in [1.29, 1.82) is 0 Å². The van der Waals surface area contributed by atoms with E-state index in [1.54, 1.807) is 14.0 Å². The second kappa shape index (κ2) is 5.52. The fraction of sp³-hybridized carbons (Fsp3) is 0.385. The minimum absolute atomic E-state index is 0.0556. The summed E-state index contributed by atoms with van der Waals surface area (Å²) in [5.74, 6) is -0.454. The molecule has 1 aromatic heterocycles. The third kappa shape index (κ3) is 3.01. The molecule has 102 valence electrons. The summed E-state index contributed by atoms with van der Waals surface area (Å²) in [5, 5.41) is 9.65. The van der Waals surface area contributed by atoms with E-state index in [2.05, 4.69) is 9.97 Å². The Labute approximate surface area is 115 Å². The summed E-state index contributed by atoms with van der Waals surface area (Å²) < 4.78 is 5.15. The molecule has 6 heteroatoms. The molecule has 0 bridgehead atoms. The number of carboxylic acids is 1. The standard InChI is InChI=1S/C13H16N2O3S/c1-7(12(16)17)8(2)19-13-14-10-5-4-9(18-3)6-11(10)15-13/h4-8H,1-3H3,(H,14,15)(H,16,17). The van der Waals surface area contributed by atoms with Crippen LogP contribution in [0, 0.1) is 5.92 Å². The van der Waals surface area contributed by atoms with E-state index in [0.29, 0.717) is 0 Å². The molecule has 0 saturated heterocycles. The van der Waals surface area contributed by atoms with Crippen LogP contribution in [-0.4, -0.2) is 33.4 Å². The third-order valence-corrected chi connectivity index (χ3v) is 4.26. The number of nitrogens with zero attached hydrogens (tertiary/aromatic N) is 1. The minimum Gasteiger partial charge on any atom is -0.497 e. The fourth-order valence-corrected chi connectivity index (χ4v) is 2.62. The van der Waals surface area contributed by atoms with Crippen molar-refractivity contribution in [3.8, 4) is 5.75 Å². The van der Waals surface area contributed by atoms with Crippen LogP contribution < -0.4 is 4.74 Å². The molecule has 0 aliphatic heterocycles. The van der Waals surface area contributed by atoms with E-state index in [0.717, 1.165) is 21.9 Å². The Hall–Kier alpha value is -1.69. The van der Waals surface area contributed by atoms with Gasteiger partial charge in [-0.3, -0.25) is 4.79 Å². The van der Waals surface area contributed by atoms with Gasteiger partial charge in [-0.2, -0.15) is 0 Å². The van der Waals surface area contributed by atoms with Gasteiger partial charge in [-0.15, -0.1) is 0 Å². The number of H-pyrrole nitrogens is 1. The number of hydrogen-bond acceptors (Lipinski definition) is 4. The normalized spacial score (nSPS) is 14.3. The van der Waals surface area contributed by atoms with Gasteiger partial charge in [0.15, 0.2) is 5.16 Å². The molecular weight excluding hydrogens is 264 g/mol. The molecule has 19 heavy (non-hydrogen) atoms. The average Bonchev–Trinajstić information content (AvgIpc) is 2.78. The van der Waals surface area contributed by atoms with Crippen molar-refractivity contribution in [3.05, 3.63) is 18.2 Å². The SMILES string of the molecule is COc1ccc2nc(SC(C)C(C)C(=O)O)[nH]c2c1. The van der Waals surface area contributed by atoms with Crippen LogP contribution in [0.3, 0.4) is 0 Å². The number of nitrogens with one attached hydrogen (secondary N) is 1. The zero-order valence-corrected chi connectivity index (χ0v) is 11.8. The molecule has 2 N–H and O–H groups in total. The number of carbonyl (C=O) groups is 1. The first-order valence-corrected chi connectivity index (χ1v) is 6.82. The molecule has 0 aliphatic carbocycles. The summed E-state index contributed by atoms with van der Waals surface area (Å²) in [5.41, 5.74) is 1.73. The van der Waals surface area contributed by atoms with Crippen LogP contribution in [0.2, 0.25) is 0 Å². The highest BCUT2D eigenvalue weighted by molar-refractivity contribution is 7.99. The summed E-state index contributed by atoms with van der Waals surface area (Å²) in [4.78, 5) is 18.5. The average molecular weight is 280 g/mol. The van der Waals surface area contributed by atoms with E-state index in [4.69, 9.17) is 9.84 Å². The lowest BCUT2D eigenvalue weighted by Crippen LogP contribution is -2.20. The van der Waals surface area contributed by atoms with Crippen LogP contribution >= 0.6 is 11.8 Å². The van der Waals surface area contributed by atoms with E-state index < -0.39 is 11.9 Å². The molecule has 2 atom stereocenters. The van der Waals surface area contributed by atoms with Crippen LogP contribution in [0.25, 0.3) is 11.0 Å². The number of imidazole rings is 1. The Balaban J connectivity index is 2.19. The molecule has 0 aliphatic rings. The highest BCUT2D eigenvalue weighted by atomic mass is 32.2. The number of rotatable bonds is 5. The lowest BCUT2D eigenvalue weighted by molar-refractivity contribution is -0.140. The zero-order valence-electron chi connectivity index (χ0n) is 11.0. The lowest BCUT2D eigenvalue weighted by Gasteiger charge is -2.13.